The molecule has 0 radical (unpaired) electrons. The van der Waals surface area contributed by atoms with Gasteiger partial charge in [0.05, 0.1) is 48.3 Å². The highest BCUT2D eigenvalue weighted by Gasteiger charge is 2.51. The van der Waals surface area contributed by atoms with Crippen molar-refractivity contribution in [1.29, 1.82) is 0 Å². The second-order valence-corrected chi connectivity index (χ2v) is 23.1. The van der Waals surface area contributed by atoms with Gasteiger partial charge in [0.1, 0.15) is 5.75 Å². The minimum atomic E-state index is -1.38. The van der Waals surface area contributed by atoms with Crippen LogP contribution in [-0.2, 0) is 33.6 Å². The van der Waals surface area contributed by atoms with Crippen LogP contribution in [-0.4, -0.2) is 143 Å². The molecule has 13 atom stereocenters. The fourth-order valence-electron chi connectivity index (χ4n) is 12.1. The average molecular weight is 1130 g/mol. The fourth-order valence-corrected chi connectivity index (χ4v) is 12.1. The van der Waals surface area contributed by atoms with E-state index in [4.69, 9.17) is 4.74 Å². The van der Waals surface area contributed by atoms with Crippen LogP contribution in [0, 0.1) is 29.6 Å². The molecule has 430 valence electrons. The number of hydrogen-bond donors (Lipinski definition) is 7. The number of carboxylic acid groups (broad SMARTS) is 1. The zero-order valence-electron chi connectivity index (χ0n) is 45.6. The summed E-state index contributed by atoms with van der Waals surface area (Å²) in [6.07, 6.45) is 2.34. The number of amides is 7. The van der Waals surface area contributed by atoms with Crippen molar-refractivity contribution in [3.63, 3.8) is 0 Å². The van der Waals surface area contributed by atoms with Crippen molar-refractivity contribution in [2.75, 3.05) is 45.9 Å². The number of ketones is 1. The van der Waals surface area contributed by atoms with Gasteiger partial charge in [0.25, 0.3) is 17.7 Å². The van der Waals surface area contributed by atoms with Crippen LogP contribution in [0.5, 0.6) is 5.75 Å². The van der Waals surface area contributed by atoms with Crippen LogP contribution in [0.15, 0.2) is 140 Å². The standard InChI is InChI=1S/C64H67N7O12/c72-34-41(64(81)82)23-42(73)29-65-57(74)35-83-56-24-40(62(79)70-30-48(58(75)66-52-25-44(52)36-13-5-1-6-14-36)49(31-70)59(76)67-53-26-45(53)37-15-7-2-8-16-37)21-22-43(56)63(80)71-32-50(60(77)68-54-27-46(54)38-17-9-3-10-18-38)51(33-71)61(78)69-55-28-47(55)39-19-11-4-12-20-39/h1-22,24,41,44-55,72H,23,25-35H2,(H,65,74)(H,66,75)(H,67,76)(H,68,77)(H,69,78)(H,81,82)/t41-,44+,45+,46+,47+,48+,49+,50+,51+,52-,53-,54-,55-/m0/s1. The Morgan fingerprint density at radius 3 is 1.20 bits per heavy atom. The van der Waals surface area contributed by atoms with Gasteiger partial charge in [0, 0.05) is 86.0 Å². The molecule has 6 aliphatic rings. The lowest BCUT2D eigenvalue weighted by Gasteiger charge is -2.21. The Morgan fingerprint density at radius 1 is 0.494 bits per heavy atom. The number of hydrogen-bond acceptors (Lipinski definition) is 11. The summed E-state index contributed by atoms with van der Waals surface area (Å²) in [5.41, 5.74) is 4.23. The highest BCUT2D eigenvalue weighted by molar-refractivity contribution is 6.02. The number of nitrogens with zero attached hydrogens (tertiary/aromatic N) is 2. The molecule has 19 heteroatoms. The van der Waals surface area contributed by atoms with Crippen molar-refractivity contribution in [2.45, 2.75) is 79.9 Å². The van der Waals surface area contributed by atoms with Gasteiger partial charge in [-0.15, -0.1) is 0 Å². The molecule has 19 nitrogen and oxygen atoms in total. The van der Waals surface area contributed by atoms with Crippen LogP contribution in [0.4, 0.5) is 0 Å². The number of carboxylic acids is 1. The van der Waals surface area contributed by atoms with Crippen molar-refractivity contribution in [1.82, 2.24) is 36.4 Å². The van der Waals surface area contributed by atoms with Crippen LogP contribution in [0.2, 0.25) is 0 Å². The monoisotopic (exact) mass is 1130 g/mol. The molecule has 6 fully saturated rings. The van der Waals surface area contributed by atoms with Crippen molar-refractivity contribution in [3.05, 3.63) is 173 Å². The van der Waals surface area contributed by atoms with Crippen molar-refractivity contribution >= 4 is 53.1 Å². The normalized spacial score (nSPS) is 26.6. The smallest absolute Gasteiger partial charge is 0.309 e. The number of rotatable bonds is 23. The molecule has 5 aromatic rings. The summed E-state index contributed by atoms with van der Waals surface area (Å²) in [5.74, 6) is -10.5. The Balaban J connectivity index is 0.831. The van der Waals surface area contributed by atoms with Crippen molar-refractivity contribution < 1.29 is 58.1 Å². The van der Waals surface area contributed by atoms with Gasteiger partial charge in [0.2, 0.25) is 23.6 Å². The third-order valence-corrected chi connectivity index (χ3v) is 17.3. The lowest BCUT2D eigenvalue weighted by Crippen LogP contribution is -2.43. The van der Waals surface area contributed by atoms with Gasteiger partial charge in [-0.05, 0) is 66.1 Å². The van der Waals surface area contributed by atoms with E-state index < -0.39 is 85.2 Å². The first-order chi connectivity index (χ1) is 40.2. The molecule has 4 saturated carbocycles. The van der Waals surface area contributed by atoms with Crippen LogP contribution in [0.25, 0.3) is 0 Å². The highest BCUT2D eigenvalue weighted by atomic mass is 16.5. The summed E-state index contributed by atoms with van der Waals surface area (Å²) < 4.78 is 6.03. The van der Waals surface area contributed by atoms with Crippen LogP contribution < -0.4 is 31.3 Å². The lowest BCUT2D eigenvalue weighted by atomic mass is 9.94. The molecule has 2 heterocycles. The number of aliphatic hydroxyl groups excluding tert-OH is 1. The van der Waals surface area contributed by atoms with E-state index >= 15 is 0 Å². The van der Waals surface area contributed by atoms with Crippen molar-refractivity contribution in [3.8, 4) is 5.75 Å². The molecule has 11 rings (SSSR count). The topological polar surface area (TPSA) is 270 Å². The summed E-state index contributed by atoms with van der Waals surface area (Å²) in [6, 6.07) is 42.7. The first-order valence-electron chi connectivity index (χ1n) is 28.6. The largest absolute Gasteiger partial charge is 0.483 e. The van der Waals surface area contributed by atoms with Crippen LogP contribution >= 0.6 is 0 Å². The van der Waals surface area contributed by atoms with E-state index in [0.717, 1.165) is 35.1 Å². The highest BCUT2D eigenvalue weighted by Crippen LogP contribution is 2.45. The minimum Gasteiger partial charge on any atom is -0.483 e. The number of aliphatic hydroxyl groups is 1. The second-order valence-electron chi connectivity index (χ2n) is 23.1. The summed E-state index contributed by atoms with van der Waals surface area (Å²) >= 11 is 0. The molecule has 5 aromatic carbocycles. The number of carbonyl (C=O) groups excluding carboxylic acids is 8. The molecule has 2 saturated heterocycles. The van der Waals surface area contributed by atoms with E-state index in [1.807, 2.05) is 121 Å². The molecule has 0 bridgehead atoms. The third-order valence-electron chi connectivity index (χ3n) is 17.3. The van der Waals surface area contributed by atoms with Gasteiger partial charge in [-0.25, -0.2) is 0 Å². The molecule has 7 N–H and O–H groups in total. The molecule has 0 unspecified atom stereocenters. The maximum absolute atomic E-state index is 15.0. The molecule has 0 aromatic heterocycles. The number of likely N-dealkylation sites (tertiary alicyclic amines) is 2. The van der Waals surface area contributed by atoms with Gasteiger partial charge in [-0.1, -0.05) is 121 Å². The lowest BCUT2D eigenvalue weighted by molar-refractivity contribution is -0.145. The van der Waals surface area contributed by atoms with Crippen molar-refractivity contribution in [2.24, 2.45) is 29.6 Å². The predicted octanol–water partition coefficient (Wildman–Crippen LogP) is 3.90. The third kappa shape index (κ3) is 13.2. The Morgan fingerprint density at radius 2 is 0.855 bits per heavy atom. The maximum atomic E-state index is 15.0. The molecule has 83 heavy (non-hydrogen) atoms. The molecule has 0 spiro atoms. The number of ether oxygens (including phenoxy) is 1. The molecule has 2 aliphatic heterocycles. The number of aliphatic carboxylic acids is 1. The van der Waals surface area contributed by atoms with Crippen LogP contribution in [0.1, 0.15) is 98.7 Å². The molecular weight excluding hydrogens is 1060 g/mol. The Hall–Kier alpha value is -8.71. The average Bonchev–Trinajstić information content (AvgIpc) is 4.53. The number of carbonyl (C=O) groups is 9. The molecular formula is C64H67N7O12. The first-order valence-corrected chi connectivity index (χ1v) is 28.6. The van der Waals surface area contributed by atoms with Gasteiger partial charge in [-0.2, -0.15) is 0 Å². The zero-order chi connectivity index (χ0) is 57.9. The van der Waals surface area contributed by atoms with E-state index in [9.17, 15) is 53.4 Å². The Labute approximate surface area is 479 Å². The van der Waals surface area contributed by atoms with Gasteiger partial charge in [0.15, 0.2) is 12.4 Å². The Kier molecular flexibility index (Phi) is 16.5. The predicted molar refractivity (Wildman–Crippen MR) is 301 cm³/mol. The molecule has 4 aliphatic carbocycles. The van der Waals surface area contributed by atoms with Gasteiger partial charge >= 0.3 is 5.97 Å². The number of benzene rings is 5. The van der Waals surface area contributed by atoms with E-state index in [0.29, 0.717) is 12.8 Å². The SMILES string of the molecule is O=C(CNC(=O)COc1cc(C(=O)N2C[C@@H](C(=O)N[C@H]3C[C@@H]3c3ccccc3)[C@H](C(=O)N[C@H]3C[C@@H]3c3ccccc3)C2)ccc1C(=O)N1C[C@@H](C(=O)N[C@H]2C[C@@H]2c2ccccc2)[C@H](C(=O)N[C@H]2C[C@@H]2c2ccccc2)C1)C[C@@H](CO)C(=O)O. The van der Waals surface area contributed by atoms with Gasteiger partial charge < -0.3 is 51.3 Å². The molecule has 7 amide bonds. The summed E-state index contributed by atoms with van der Waals surface area (Å²) in [6.45, 7) is -2.65. The summed E-state index contributed by atoms with van der Waals surface area (Å²) in [5, 5.41) is 33.7. The van der Waals surface area contributed by atoms with E-state index in [-0.39, 0.29) is 115 Å². The zero-order valence-corrected chi connectivity index (χ0v) is 45.6. The second kappa shape index (κ2) is 24.4. The summed E-state index contributed by atoms with van der Waals surface area (Å²) in [4.78, 5) is 127. The maximum Gasteiger partial charge on any atom is 0.309 e. The quantitative estimate of drug-likeness (QED) is 0.0491. The van der Waals surface area contributed by atoms with E-state index in [1.165, 1.54) is 28.0 Å². The Bertz CT molecular complexity index is 3130. The number of Topliss-reactive ketones (excluding diaryl/α,β-unsaturated/α-hetero) is 1. The van der Waals surface area contributed by atoms with Crippen LogP contribution in [0.3, 0.4) is 0 Å². The summed E-state index contributed by atoms with van der Waals surface area (Å²) in [7, 11) is 0. The first kappa shape index (κ1) is 56.2. The van der Waals surface area contributed by atoms with E-state index in [2.05, 4.69) is 26.6 Å². The van der Waals surface area contributed by atoms with E-state index in [1.54, 1.807) is 0 Å². The minimum absolute atomic E-state index is 0.000486. The van der Waals surface area contributed by atoms with Gasteiger partial charge in [-0.3, -0.25) is 43.2 Å². The fraction of sp³-hybridized carbons (Fsp3) is 0.391. The number of nitrogens with one attached hydrogen (secondary N) is 5.